The highest BCUT2D eigenvalue weighted by Gasteiger charge is 2.49. The van der Waals surface area contributed by atoms with Crippen LogP contribution in [0.2, 0.25) is 0 Å². The largest absolute Gasteiger partial charge is 0.440 e. The van der Waals surface area contributed by atoms with Crippen molar-refractivity contribution in [2.24, 2.45) is 11.3 Å². The maximum atomic E-state index is 13.0. The van der Waals surface area contributed by atoms with Crippen molar-refractivity contribution in [3.05, 3.63) is 24.1 Å². The molecule has 1 saturated heterocycles. The molecule has 2 atom stereocenters. The number of fused-ring (bicyclic) bond motifs is 2. The summed E-state index contributed by atoms with van der Waals surface area (Å²) in [4.78, 5) is 17.6. The van der Waals surface area contributed by atoms with Crippen LogP contribution in [0.3, 0.4) is 0 Å². The third kappa shape index (κ3) is 2.25. The molecule has 0 spiro atoms. The fraction of sp³-hybridized carbons (Fsp3) is 0.579. The minimum atomic E-state index is -0.228. The Balaban J connectivity index is 1.40. The highest BCUT2D eigenvalue weighted by molar-refractivity contribution is 5.97. The number of nitrogens with one attached hydrogen (secondary N) is 2. The van der Waals surface area contributed by atoms with Gasteiger partial charge in [0, 0.05) is 24.2 Å². The molecule has 0 bridgehead atoms. The van der Waals surface area contributed by atoms with Crippen molar-refractivity contribution in [2.75, 3.05) is 18.4 Å². The summed E-state index contributed by atoms with van der Waals surface area (Å²) in [6.45, 7) is 1.78. The smallest absolute Gasteiger partial charge is 0.232 e. The number of amides is 1. The van der Waals surface area contributed by atoms with Gasteiger partial charge < -0.3 is 15.1 Å². The monoisotopic (exact) mass is 325 g/mol. The number of rotatable bonds is 3. The van der Waals surface area contributed by atoms with Crippen molar-refractivity contribution >= 4 is 22.7 Å². The normalized spacial score (nSPS) is 29.6. The van der Waals surface area contributed by atoms with Gasteiger partial charge in [-0.15, -0.1) is 0 Å². The summed E-state index contributed by atoms with van der Waals surface area (Å²) >= 11 is 0. The fourth-order valence-electron chi connectivity index (χ4n) is 4.47. The molecule has 2 saturated carbocycles. The van der Waals surface area contributed by atoms with E-state index in [0.717, 1.165) is 55.0 Å². The number of hydrogen-bond acceptors (Lipinski definition) is 4. The van der Waals surface area contributed by atoms with Gasteiger partial charge in [0.25, 0.3) is 0 Å². The molecule has 5 heteroatoms. The van der Waals surface area contributed by atoms with Crippen LogP contribution in [0.15, 0.2) is 22.6 Å². The van der Waals surface area contributed by atoms with E-state index in [4.69, 9.17) is 4.42 Å². The van der Waals surface area contributed by atoms with E-state index in [1.807, 2.05) is 18.2 Å². The molecule has 3 fully saturated rings. The van der Waals surface area contributed by atoms with Crippen LogP contribution in [0.1, 0.15) is 50.3 Å². The van der Waals surface area contributed by atoms with Crippen molar-refractivity contribution in [3.63, 3.8) is 0 Å². The Morgan fingerprint density at radius 3 is 3.08 bits per heavy atom. The molecule has 1 aliphatic heterocycles. The van der Waals surface area contributed by atoms with Gasteiger partial charge in [-0.1, -0.05) is 12.8 Å². The Labute approximate surface area is 141 Å². The predicted octanol–water partition coefficient (Wildman–Crippen LogP) is 3.42. The van der Waals surface area contributed by atoms with Gasteiger partial charge >= 0.3 is 0 Å². The van der Waals surface area contributed by atoms with Gasteiger partial charge in [-0.05, 0) is 50.3 Å². The first-order valence-corrected chi connectivity index (χ1v) is 9.17. The molecule has 1 aromatic heterocycles. The Morgan fingerprint density at radius 2 is 2.21 bits per heavy atom. The van der Waals surface area contributed by atoms with E-state index in [1.165, 1.54) is 19.3 Å². The average Bonchev–Trinajstić information content (AvgIpc) is 3.20. The lowest BCUT2D eigenvalue weighted by molar-refractivity contribution is -0.128. The number of anilines is 1. The molecule has 3 aliphatic rings. The third-order valence-corrected chi connectivity index (χ3v) is 6.08. The van der Waals surface area contributed by atoms with Crippen LogP contribution < -0.4 is 10.6 Å². The first kappa shape index (κ1) is 14.5. The topological polar surface area (TPSA) is 67.2 Å². The zero-order valence-corrected chi connectivity index (χ0v) is 13.8. The van der Waals surface area contributed by atoms with Gasteiger partial charge in [-0.3, -0.25) is 4.79 Å². The molecule has 1 aromatic carbocycles. The minimum absolute atomic E-state index is 0.165. The molecule has 2 aromatic rings. The van der Waals surface area contributed by atoms with Crippen LogP contribution in [-0.2, 0) is 4.79 Å². The van der Waals surface area contributed by atoms with Crippen molar-refractivity contribution in [1.29, 1.82) is 0 Å². The summed E-state index contributed by atoms with van der Waals surface area (Å²) < 4.78 is 5.87. The summed E-state index contributed by atoms with van der Waals surface area (Å²) in [5.41, 5.74) is 2.24. The Morgan fingerprint density at radius 1 is 1.29 bits per heavy atom. The van der Waals surface area contributed by atoms with E-state index in [-0.39, 0.29) is 11.3 Å². The molecule has 2 aliphatic carbocycles. The van der Waals surface area contributed by atoms with Gasteiger partial charge in [-0.25, -0.2) is 4.98 Å². The number of carbonyl (C=O) groups excluding carboxylic acids is 1. The van der Waals surface area contributed by atoms with Crippen molar-refractivity contribution < 1.29 is 9.21 Å². The van der Waals surface area contributed by atoms with E-state index in [1.54, 1.807) is 0 Å². The molecule has 2 heterocycles. The zero-order chi connectivity index (χ0) is 16.1. The molecule has 5 rings (SSSR count). The highest BCUT2D eigenvalue weighted by Crippen LogP contribution is 2.45. The molecule has 0 unspecified atom stereocenters. The standard InChI is InChI=1S/C19H23N3O2/c23-18(19-8-2-1-3-13(19)10-20-11-19)21-14-6-7-15-16(9-14)24-17(22-15)12-4-5-12/h6-7,9,12-13,20H,1-5,8,10-11H2,(H,21,23)/t13-,19+/m0/s1. The summed E-state index contributed by atoms with van der Waals surface area (Å²) in [7, 11) is 0. The number of hydrogen-bond donors (Lipinski definition) is 2. The third-order valence-electron chi connectivity index (χ3n) is 6.08. The van der Waals surface area contributed by atoms with Crippen molar-refractivity contribution in [1.82, 2.24) is 10.3 Å². The summed E-state index contributed by atoms with van der Waals surface area (Å²) in [5, 5.41) is 6.59. The van der Waals surface area contributed by atoms with E-state index in [9.17, 15) is 4.79 Å². The Bertz CT molecular complexity index is 795. The number of nitrogens with zero attached hydrogens (tertiary/aromatic N) is 1. The fourth-order valence-corrected chi connectivity index (χ4v) is 4.47. The summed E-state index contributed by atoms with van der Waals surface area (Å²) in [6, 6.07) is 5.81. The second-order valence-electron chi connectivity index (χ2n) is 7.69. The quantitative estimate of drug-likeness (QED) is 0.907. The first-order chi connectivity index (χ1) is 11.7. The first-order valence-electron chi connectivity index (χ1n) is 9.17. The lowest BCUT2D eigenvalue weighted by atomic mass is 9.67. The van der Waals surface area contributed by atoms with Crippen LogP contribution in [0.5, 0.6) is 0 Å². The lowest BCUT2D eigenvalue weighted by Crippen LogP contribution is -2.44. The van der Waals surface area contributed by atoms with Gasteiger partial charge in [0.1, 0.15) is 5.52 Å². The zero-order valence-electron chi connectivity index (χ0n) is 13.8. The molecule has 5 nitrogen and oxygen atoms in total. The Hall–Kier alpha value is -1.88. The van der Waals surface area contributed by atoms with E-state index < -0.39 is 0 Å². The maximum absolute atomic E-state index is 13.0. The van der Waals surface area contributed by atoms with Crippen LogP contribution in [0.25, 0.3) is 11.1 Å². The summed E-state index contributed by atoms with van der Waals surface area (Å²) in [5.74, 6) is 1.99. The predicted molar refractivity (Wildman–Crippen MR) is 91.9 cm³/mol. The number of benzene rings is 1. The number of oxazole rings is 1. The molecule has 2 N–H and O–H groups in total. The van der Waals surface area contributed by atoms with E-state index in [2.05, 4.69) is 15.6 Å². The second-order valence-corrected chi connectivity index (χ2v) is 7.69. The average molecular weight is 325 g/mol. The molecule has 0 radical (unpaired) electrons. The summed E-state index contributed by atoms with van der Waals surface area (Å²) in [6.07, 6.45) is 6.90. The van der Waals surface area contributed by atoms with Crippen LogP contribution in [-0.4, -0.2) is 24.0 Å². The molecular weight excluding hydrogens is 302 g/mol. The molecule has 126 valence electrons. The Kier molecular flexibility index (Phi) is 3.20. The molecule has 24 heavy (non-hydrogen) atoms. The van der Waals surface area contributed by atoms with Gasteiger partial charge in [0.2, 0.25) is 5.91 Å². The highest BCUT2D eigenvalue weighted by atomic mass is 16.3. The minimum Gasteiger partial charge on any atom is -0.440 e. The van der Waals surface area contributed by atoms with Gasteiger partial charge in [0.15, 0.2) is 11.5 Å². The van der Waals surface area contributed by atoms with Gasteiger partial charge in [-0.2, -0.15) is 0 Å². The molecule has 1 amide bonds. The second kappa shape index (κ2) is 5.31. The number of aromatic nitrogens is 1. The van der Waals surface area contributed by atoms with Crippen LogP contribution in [0.4, 0.5) is 5.69 Å². The van der Waals surface area contributed by atoms with Gasteiger partial charge in [0.05, 0.1) is 5.41 Å². The van der Waals surface area contributed by atoms with E-state index in [0.29, 0.717) is 11.8 Å². The molecular formula is C19H23N3O2. The van der Waals surface area contributed by atoms with Crippen LogP contribution in [0, 0.1) is 11.3 Å². The van der Waals surface area contributed by atoms with Crippen molar-refractivity contribution in [2.45, 2.75) is 44.4 Å². The maximum Gasteiger partial charge on any atom is 0.232 e. The lowest BCUT2D eigenvalue weighted by Gasteiger charge is -2.37. The number of carbonyl (C=O) groups is 1. The van der Waals surface area contributed by atoms with Crippen molar-refractivity contribution in [3.8, 4) is 0 Å². The SMILES string of the molecule is O=C(Nc1ccc2nc(C3CC3)oc2c1)[C@@]12CCCC[C@H]1CNC2. The van der Waals surface area contributed by atoms with Crippen LogP contribution >= 0.6 is 0 Å². The van der Waals surface area contributed by atoms with E-state index >= 15 is 0 Å².